The number of aliphatic hydroxyl groups excluding tert-OH is 2. The van der Waals surface area contributed by atoms with Crippen LogP contribution >= 0.6 is 23.8 Å². The van der Waals surface area contributed by atoms with Crippen LogP contribution in [0.2, 0.25) is 0 Å². The number of azide groups is 1. The molecule has 2 aromatic rings. The number of aliphatic hydroxyl groups is 2. The number of nitrogens with zero attached hydrogens (tertiary/aromatic N) is 4. The number of hydrogen-bond acceptors (Lipinski definition) is 10. The zero-order valence-electron chi connectivity index (χ0n) is 17.6. The lowest BCUT2D eigenvalue weighted by Crippen LogP contribution is -2.45. The molecule has 188 valence electrons. The van der Waals surface area contributed by atoms with Gasteiger partial charge in [-0.05, 0) is 23.7 Å². The van der Waals surface area contributed by atoms with Crippen molar-refractivity contribution in [2.45, 2.75) is 36.7 Å². The molecule has 0 radical (unpaired) electrons. The molecule has 6 atom stereocenters. The van der Waals surface area contributed by atoms with E-state index in [1.807, 2.05) is 4.98 Å². The van der Waals surface area contributed by atoms with E-state index in [9.17, 15) is 28.8 Å². The van der Waals surface area contributed by atoms with Gasteiger partial charge in [-0.3, -0.25) is 27.9 Å². The second kappa shape index (κ2) is 9.93. The molecule has 1 aromatic carbocycles. The van der Waals surface area contributed by atoms with Crippen molar-refractivity contribution < 1.29 is 37.5 Å². The van der Waals surface area contributed by atoms with Crippen molar-refractivity contribution >= 4 is 23.8 Å². The molecule has 4 rings (SSSR count). The van der Waals surface area contributed by atoms with Gasteiger partial charge < -0.3 is 14.9 Å². The second-order valence-electron chi connectivity index (χ2n) is 7.60. The fourth-order valence-electron chi connectivity index (χ4n) is 3.65. The number of rotatable bonds is 6. The van der Waals surface area contributed by atoms with Gasteiger partial charge in [0.1, 0.15) is 18.0 Å². The summed E-state index contributed by atoms with van der Waals surface area (Å²) in [5.41, 5.74) is 5.07. The van der Waals surface area contributed by atoms with Crippen molar-refractivity contribution in [2.75, 3.05) is 13.2 Å². The van der Waals surface area contributed by atoms with Gasteiger partial charge in [0.25, 0.3) is 5.56 Å². The third-order valence-electron chi connectivity index (χ3n) is 5.36. The highest BCUT2D eigenvalue weighted by atomic mass is 79.9. The van der Waals surface area contributed by atoms with Gasteiger partial charge in [0, 0.05) is 33.6 Å². The molecule has 35 heavy (non-hydrogen) atoms. The molecular formula is C18H18BrFN5O9P. The Morgan fingerprint density at radius 1 is 1.40 bits per heavy atom. The van der Waals surface area contributed by atoms with E-state index in [-0.39, 0.29) is 18.6 Å². The largest absolute Gasteiger partial charge is 0.475 e. The Hall–Kier alpha value is -2.39. The van der Waals surface area contributed by atoms with E-state index in [4.69, 9.17) is 23.8 Å². The Kier molecular flexibility index (Phi) is 7.29. The van der Waals surface area contributed by atoms with Crippen molar-refractivity contribution in [1.82, 2.24) is 9.55 Å². The van der Waals surface area contributed by atoms with Gasteiger partial charge in [-0.2, -0.15) is 0 Å². The number of halogens is 2. The van der Waals surface area contributed by atoms with E-state index in [1.165, 1.54) is 18.2 Å². The van der Waals surface area contributed by atoms with Gasteiger partial charge in [-0.25, -0.2) is 13.8 Å². The number of phosphoric acid groups is 1. The predicted octanol–water partition coefficient (Wildman–Crippen LogP) is 2.00. The number of ether oxygens (including phenoxy) is 1. The summed E-state index contributed by atoms with van der Waals surface area (Å²) >= 11 is 3.23. The summed E-state index contributed by atoms with van der Waals surface area (Å²) in [5, 5.41) is 24.4. The van der Waals surface area contributed by atoms with Crippen LogP contribution in [0.5, 0.6) is 0 Å². The first-order valence-corrected chi connectivity index (χ1v) is 12.3. The van der Waals surface area contributed by atoms with Gasteiger partial charge in [-0.15, -0.1) is 0 Å². The Balaban J connectivity index is 1.57. The molecular weight excluding hydrogens is 560 g/mol. The lowest BCUT2D eigenvalue weighted by Gasteiger charge is -2.32. The highest BCUT2D eigenvalue weighted by molar-refractivity contribution is 9.10. The van der Waals surface area contributed by atoms with Crippen LogP contribution in [0, 0.1) is 5.82 Å². The molecule has 2 fully saturated rings. The van der Waals surface area contributed by atoms with Crippen molar-refractivity contribution in [2.24, 2.45) is 5.11 Å². The van der Waals surface area contributed by atoms with Crippen LogP contribution < -0.4 is 11.2 Å². The van der Waals surface area contributed by atoms with Crippen molar-refractivity contribution in [3.63, 3.8) is 0 Å². The van der Waals surface area contributed by atoms with Crippen LogP contribution in [0.1, 0.15) is 24.3 Å². The van der Waals surface area contributed by atoms with E-state index in [1.54, 1.807) is 0 Å². The van der Waals surface area contributed by atoms with Crippen LogP contribution in [0.15, 0.2) is 49.6 Å². The molecule has 3 N–H and O–H groups in total. The number of H-pyrrole nitrogens is 1. The predicted molar refractivity (Wildman–Crippen MR) is 117 cm³/mol. The van der Waals surface area contributed by atoms with Gasteiger partial charge in [0.2, 0.25) is 5.72 Å². The van der Waals surface area contributed by atoms with E-state index in [2.05, 4.69) is 26.0 Å². The van der Waals surface area contributed by atoms with Crippen LogP contribution in [0.4, 0.5) is 4.39 Å². The van der Waals surface area contributed by atoms with E-state index in [0.29, 0.717) is 4.47 Å². The van der Waals surface area contributed by atoms with E-state index in [0.717, 1.165) is 16.8 Å². The summed E-state index contributed by atoms with van der Waals surface area (Å²) in [4.78, 5) is 28.0. The molecule has 2 saturated heterocycles. The minimum absolute atomic E-state index is 0.0985. The molecule has 2 aliphatic heterocycles. The maximum Gasteiger partial charge on any atom is 0.475 e. The molecule has 0 amide bonds. The Morgan fingerprint density at radius 3 is 2.89 bits per heavy atom. The topological polar surface area (TPSA) is 198 Å². The normalized spacial score (nSPS) is 32.8. The first kappa shape index (κ1) is 25.7. The third-order valence-corrected chi connectivity index (χ3v) is 7.31. The quantitative estimate of drug-likeness (QED) is 0.199. The fourth-order valence-corrected chi connectivity index (χ4v) is 5.43. The first-order chi connectivity index (χ1) is 16.6. The summed E-state index contributed by atoms with van der Waals surface area (Å²) in [5.74, 6) is -0.607. The second-order valence-corrected chi connectivity index (χ2v) is 10.1. The maximum atomic E-state index is 14.3. The monoisotopic (exact) mass is 577 g/mol. The molecule has 1 aromatic heterocycles. The summed E-state index contributed by atoms with van der Waals surface area (Å²) in [6.45, 7) is -1.07. The molecule has 3 heterocycles. The molecule has 17 heteroatoms. The summed E-state index contributed by atoms with van der Waals surface area (Å²) in [7, 11) is -4.40. The van der Waals surface area contributed by atoms with Gasteiger partial charge in [0.05, 0.1) is 19.3 Å². The first-order valence-electron chi connectivity index (χ1n) is 10.0. The number of aromatic amines is 1. The minimum atomic E-state index is -4.40. The van der Waals surface area contributed by atoms with Crippen molar-refractivity contribution in [3.05, 3.63) is 77.6 Å². The number of phosphoric ester groups is 1. The van der Waals surface area contributed by atoms with Crippen LogP contribution in [0.25, 0.3) is 10.4 Å². The minimum Gasteiger partial charge on any atom is -0.387 e. The van der Waals surface area contributed by atoms with E-state index < -0.39 is 61.8 Å². The Morgan fingerprint density at radius 2 is 2.17 bits per heavy atom. The summed E-state index contributed by atoms with van der Waals surface area (Å²) < 4.78 is 50.0. The zero-order valence-corrected chi connectivity index (χ0v) is 20.0. The summed E-state index contributed by atoms with van der Waals surface area (Å²) in [6, 6.07) is 5.09. The molecule has 2 aliphatic rings. The average molecular weight is 578 g/mol. The zero-order chi connectivity index (χ0) is 25.4. The highest BCUT2D eigenvalue weighted by Crippen LogP contribution is 2.58. The van der Waals surface area contributed by atoms with Crippen molar-refractivity contribution in [3.8, 4) is 0 Å². The Bertz CT molecular complexity index is 1330. The SMILES string of the molecule is [N-]=[N+]=N[C@]1(CO[P@]2(=O)OCC[C@H](c3cc(Br)ccc3F)O2)O[C@@H](n2ccc(=O)[nH]c2=O)[C@H](O)[C@@H]1O. The molecule has 0 spiro atoms. The molecule has 0 saturated carbocycles. The van der Waals surface area contributed by atoms with Gasteiger partial charge in [-0.1, -0.05) is 21.0 Å². The van der Waals surface area contributed by atoms with Gasteiger partial charge >= 0.3 is 13.5 Å². The Labute approximate surface area is 203 Å². The smallest absolute Gasteiger partial charge is 0.387 e. The summed E-state index contributed by atoms with van der Waals surface area (Å²) in [6.07, 6.45) is -5.25. The number of benzene rings is 1. The van der Waals surface area contributed by atoms with Crippen LogP contribution in [0.3, 0.4) is 0 Å². The number of nitrogens with one attached hydrogen (secondary N) is 1. The molecule has 0 unspecified atom stereocenters. The number of aromatic nitrogens is 2. The molecule has 0 bridgehead atoms. The third kappa shape index (κ3) is 5.11. The lowest BCUT2D eigenvalue weighted by atomic mass is 10.1. The average Bonchev–Trinajstić information content (AvgIpc) is 3.05. The maximum absolute atomic E-state index is 14.3. The van der Waals surface area contributed by atoms with Gasteiger partial charge in [0.15, 0.2) is 6.23 Å². The van der Waals surface area contributed by atoms with Crippen molar-refractivity contribution in [1.29, 1.82) is 0 Å². The van der Waals surface area contributed by atoms with E-state index >= 15 is 0 Å². The van der Waals surface area contributed by atoms with Crippen LogP contribution in [-0.4, -0.2) is 50.9 Å². The number of hydrogen-bond donors (Lipinski definition) is 3. The fraction of sp³-hybridized carbons (Fsp3) is 0.444. The highest BCUT2D eigenvalue weighted by Gasteiger charge is 2.56. The molecule has 14 nitrogen and oxygen atoms in total. The standard InChI is InChI=1S/C18H18BrFN5O9P/c19-9-1-2-11(20)10(7-9)12-4-6-31-35(30,34-12)32-8-18(23-24-21)15(28)14(27)16(33-18)25-5-3-13(26)22-17(25)29/h1-3,5,7,12,14-16,27-28H,4,6,8H2,(H,22,26,29)/t12-,14-,15+,16-,18-,35+/m1/s1. The van der Waals surface area contributed by atoms with Crippen LogP contribution in [-0.2, 0) is 22.9 Å². The lowest BCUT2D eigenvalue weighted by molar-refractivity contribution is -0.127. The molecule has 0 aliphatic carbocycles.